The molecule has 3 aromatic carbocycles. The Balaban J connectivity index is 1.52. The summed E-state index contributed by atoms with van der Waals surface area (Å²) in [6.07, 6.45) is 0.726. The molecule has 0 spiro atoms. The molecule has 6 heteroatoms. The van der Waals surface area contributed by atoms with Gasteiger partial charge in [0.05, 0.1) is 16.6 Å². The lowest BCUT2D eigenvalue weighted by molar-refractivity contribution is 0.276. The monoisotopic (exact) mass is 428 g/mol. The first-order valence-corrected chi connectivity index (χ1v) is 10.5. The molecule has 0 bridgehead atoms. The van der Waals surface area contributed by atoms with Crippen LogP contribution in [0.15, 0.2) is 84.6 Å². The maximum absolute atomic E-state index is 11.3. The molecule has 2 heterocycles. The Morgan fingerprint density at radius 1 is 0.968 bits per heavy atom. The van der Waals surface area contributed by atoms with Crippen molar-refractivity contribution in [1.82, 2.24) is 14.9 Å². The molecule has 0 fully saturated rings. The van der Waals surface area contributed by atoms with E-state index in [1.54, 1.807) is 0 Å². The van der Waals surface area contributed by atoms with E-state index in [0.29, 0.717) is 23.0 Å². The Hall–Kier alpha value is -3.57. The number of aliphatic hydroxyl groups is 1. The maximum Gasteiger partial charge on any atom is 0.145 e. The van der Waals surface area contributed by atoms with Crippen LogP contribution in [0.3, 0.4) is 0 Å². The van der Waals surface area contributed by atoms with Crippen LogP contribution in [-0.2, 0) is 6.42 Å². The molecule has 0 saturated heterocycles. The highest BCUT2D eigenvalue weighted by atomic mass is 35.5. The van der Waals surface area contributed by atoms with E-state index >= 15 is 0 Å². The van der Waals surface area contributed by atoms with Gasteiger partial charge in [-0.1, -0.05) is 66.2 Å². The lowest BCUT2D eigenvalue weighted by atomic mass is 10.0. The van der Waals surface area contributed by atoms with Crippen molar-refractivity contribution < 1.29 is 5.11 Å². The van der Waals surface area contributed by atoms with E-state index in [1.165, 1.54) is 0 Å². The zero-order chi connectivity index (χ0) is 21.4. The molecule has 0 aliphatic carbocycles. The highest BCUT2D eigenvalue weighted by Gasteiger charge is 2.39. The molecule has 3 N–H and O–H groups in total. The van der Waals surface area contributed by atoms with Crippen LogP contribution >= 0.6 is 11.6 Å². The van der Waals surface area contributed by atoms with Gasteiger partial charge in [-0.3, -0.25) is 5.41 Å². The fraction of sp³-hybridized carbons (Fsp3) is 0.120. The number of hydrogen-bond donors (Lipinski definition) is 3. The quantitative estimate of drug-likeness (QED) is 0.378. The number of amidine groups is 1. The first kappa shape index (κ1) is 19.4. The van der Waals surface area contributed by atoms with Gasteiger partial charge >= 0.3 is 0 Å². The van der Waals surface area contributed by atoms with Gasteiger partial charge < -0.3 is 15.0 Å². The van der Waals surface area contributed by atoms with Crippen molar-refractivity contribution in [3.05, 3.63) is 107 Å². The molecule has 1 atom stereocenters. The van der Waals surface area contributed by atoms with Crippen LogP contribution in [0.25, 0.3) is 16.6 Å². The van der Waals surface area contributed by atoms with E-state index in [-0.39, 0.29) is 11.6 Å². The summed E-state index contributed by atoms with van der Waals surface area (Å²) in [5.74, 6) is 0.921. The van der Waals surface area contributed by atoms with E-state index in [1.807, 2.05) is 83.8 Å². The molecule has 4 aromatic rings. The number of rotatable bonds is 5. The minimum absolute atomic E-state index is 0.145. The van der Waals surface area contributed by atoms with Crippen LogP contribution in [0.1, 0.15) is 23.0 Å². The van der Waals surface area contributed by atoms with Crippen LogP contribution in [0.2, 0.25) is 5.02 Å². The largest absolute Gasteiger partial charge is 0.509 e. The Labute approximate surface area is 185 Å². The number of hydrogen-bond acceptors (Lipinski definition) is 3. The number of imidazole rings is 1. The van der Waals surface area contributed by atoms with Gasteiger partial charge in [0.25, 0.3) is 0 Å². The topological polar surface area (TPSA) is 76.0 Å². The molecule has 5 rings (SSSR count). The lowest BCUT2D eigenvalue weighted by Gasteiger charge is -2.27. The van der Waals surface area contributed by atoms with Gasteiger partial charge in [-0.2, -0.15) is 0 Å². The molecule has 1 aliphatic heterocycles. The zero-order valence-corrected chi connectivity index (χ0v) is 17.5. The summed E-state index contributed by atoms with van der Waals surface area (Å²) in [5.41, 5.74) is 4.19. The summed E-state index contributed by atoms with van der Waals surface area (Å²) >= 11 is 6.01. The standard InChI is InChI=1S/C25H21ClN4O/c26-18-12-10-16(11-13-18)14-15-30-22(17-6-2-1-3-7-17)23(31)21(24(30)27)25-28-19-8-4-5-9-20(19)29-25/h1-13,22,27,31H,14-15H2,(H,28,29)/t22-/m1/s1. The Morgan fingerprint density at radius 3 is 2.42 bits per heavy atom. The molecule has 0 unspecified atom stereocenters. The smallest absolute Gasteiger partial charge is 0.145 e. The first-order valence-electron chi connectivity index (χ1n) is 10.1. The molecule has 0 radical (unpaired) electrons. The van der Waals surface area contributed by atoms with E-state index in [4.69, 9.17) is 17.0 Å². The van der Waals surface area contributed by atoms with E-state index in [2.05, 4.69) is 9.97 Å². The summed E-state index contributed by atoms with van der Waals surface area (Å²) in [6.45, 7) is 0.577. The number of para-hydroxylation sites is 2. The van der Waals surface area contributed by atoms with E-state index in [0.717, 1.165) is 28.6 Å². The predicted octanol–water partition coefficient (Wildman–Crippen LogP) is 5.76. The number of nitrogens with one attached hydrogen (secondary N) is 2. The van der Waals surface area contributed by atoms with Crippen LogP contribution in [-0.4, -0.2) is 32.4 Å². The van der Waals surface area contributed by atoms with Gasteiger partial charge in [0.1, 0.15) is 23.5 Å². The molecule has 154 valence electrons. The van der Waals surface area contributed by atoms with E-state index in [9.17, 15) is 5.11 Å². The summed E-state index contributed by atoms with van der Waals surface area (Å²) < 4.78 is 0. The van der Waals surface area contributed by atoms with Gasteiger partial charge in [-0.15, -0.1) is 0 Å². The number of benzene rings is 3. The fourth-order valence-electron chi connectivity index (χ4n) is 4.10. The van der Waals surface area contributed by atoms with Gasteiger partial charge in [-0.05, 0) is 41.8 Å². The maximum atomic E-state index is 11.3. The SMILES string of the molecule is N=C1C(c2nc3ccccc3[nH]2)=C(O)[C@@H](c2ccccc2)N1CCc1ccc(Cl)cc1. The molecule has 0 amide bonds. The minimum atomic E-state index is -0.427. The third kappa shape index (κ3) is 3.57. The third-order valence-electron chi connectivity index (χ3n) is 5.65. The van der Waals surface area contributed by atoms with E-state index < -0.39 is 6.04 Å². The zero-order valence-electron chi connectivity index (χ0n) is 16.7. The number of aromatic nitrogens is 2. The van der Waals surface area contributed by atoms with Crippen molar-refractivity contribution in [1.29, 1.82) is 5.41 Å². The van der Waals surface area contributed by atoms with Gasteiger partial charge in [0.15, 0.2) is 0 Å². The molecule has 0 saturated carbocycles. The van der Waals surface area contributed by atoms with Gasteiger partial charge in [0.2, 0.25) is 0 Å². The second kappa shape index (κ2) is 7.93. The lowest BCUT2D eigenvalue weighted by Crippen LogP contribution is -2.32. The molecule has 1 aliphatic rings. The molecular weight excluding hydrogens is 408 g/mol. The fourth-order valence-corrected chi connectivity index (χ4v) is 4.22. The van der Waals surface area contributed by atoms with Gasteiger partial charge in [-0.25, -0.2) is 4.98 Å². The summed E-state index contributed by atoms with van der Waals surface area (Å²) in [6, 6.07) is 24.8. The molecule has 5 nitrogen and oxygen atoms in total. The predicted molar refractivity (Wildman–Crippen MR) is 124 cm³/mol. The van der Waals surface area contributed by atoms with Crippen LogP contribution in [0.4, 0.5) is 0 Å². The minimum Gasteiger partial charge on any atom is -0.509 e. The Morgan fingerprint density at radius 2 is 1.68 bits per heavy atom. The molecule has 31 heavy (non-hydrogen) atoms. The first-order chi connectivity index (χ1) is 15.1. The van der Waals surface area contributed by atoms with Crippen molar-refractivity contribution in [2.45, 2.75) is 12.5 Å². The third-order valence-corrected chi connectivity index (χ3v) is 5.90. The Bertz CT molecular complexity index is 1240. The summed E-state index contributed by atoms with van der Waals surface area (Å²) in [5, 5.41) is 20.9. The summed E-state index contributed by atoms with van der Waals surface area (Å²) in [7, 11) is 0. The van der Waals surface area contributed by atoms with Crippen LogP contribution < -0.4 is 0 Å². The highest BCUT2D eigenvalue weighted by molar-refractivity contribution is 6.30. The van der Waals surface area contributed by atoms with Gasteiger partial charge in [0, 0.05) is 11.6 Å². The van der Waals surface area contributed by atoms with Crippen LogP contribution in [0, 0.1) is 5.41 Å². The van der Waals surface area contributed by atoms with Crippen molar-refractivity contribution in [3.8, 4) is 0 Å². The second-order valence-electron chi connectivity index (χ2n) is 7.59. The summed E-state index contributed by atoms with van der Waals surface area (Å²) in [4.78, 5) is 9.82. The average Bonchev–Trinajstić information content (AvgIpc) is 3.31. The van der Waals surface area contributed by atoms with Crippen molar-refractivity contribution in [2.24, 2.45) is 0 Å². The number of aliphatic hydroxyl groups excluding tert-OH is 1. The Kier molecular flexibility index (Phi) is 4.96. The molecule has 1 aromatic heterocycles. The number of aromatic amines is 1. The number of nitrogens with zero attached hydrogens (tertiary/aromatic N) is 2. The number of fused-ring (bicyclic) bond motifs is 1. The van der Waals surface area contributed by atoms with Crippen LogP contribution in [0.5, 0.6) is 0 Å². The normalized spacial score (nSPS) is 16.5. The second-order valence-corrected chi connectivity index (χ2v) is 8.03. The average molecular weight is 429 g/mol. The van der Waals surface area contributed by atoms with Crippen molar-refractivity contribution in [3.63, 3.8) is 0 Å². The highest BCUT2D eigenvalue weighted by Crippen LogP contribution is 2.40. The number of H-pyrrole nitrogens is 1. The number of halogens is 1. The molecular formula is C25H21ClN4O. The van der Waals surface area contributed by atoms with Crippen molar-refractivity contribution >= 4 is 34.0 Å². The van der Waals surface area contributed by atoms with Crippen molar-refractivity contribution in [2.75, 3.05) is 6.54 Å².